The zero-order valence-corrected chi connectivity index (χ0v) is 11.6. The summed E-state index contributed by atoms with van der Waals surface area (Å²) in [5.41, 5.74) is 0. The maximum absolute atomic E-state index is 4.47. The molecule has 1 aliphatic heterocycles. The second-order valence-electron chi connectivity index (χ2n) is 4.94. The van der Waals surface area contributed by atoms with Crippen molar-refractivity contribution in [1.29, 1.82) is 0 Å². The summed E-state index contributed by atoms with van der Waals surface area (Å²) in [5.74, 6) is 1.37. The first kappa shape index (κ1) is 12.8. The van der Waals surface area contributed by atoms with Crippen molar-refractivity contribution < 1.29 is 0 Å². The summed E-state index contributed by atoms with van der Waals surface area (Å²) in [7, 11) is 0. The zero-order valence-electron chi connectivity index (χ0n) is 10.8. The van der Waals surface area contributed by atoms with Crippen molar-refractivity contribution in [3.8, 4) is 0 Å². The van der Waals surface area contributed by atoms with Gasteiger partial charge in [0.15, 0.2) is 0 Å². The molecule has 2 rings (SSSR count). The Balaban J connectivity index is 1.70. The first-order valence-electron chi connectivity index (χ1n) is 6.55. The normalized spacial score (nSPS) is 17.6. The van der Waals surface area contributed by atoms with Crippen LogP contribution in [0.5, 0.6) is 0 Å². The average molecular weight is 254 g/mol. The number of anilines is 1. The van der Waals surface area contributed by atoms with Gasteiger partial charge in [-0.2, -0.15) is 4.37 Å². The third-order valence-corrected chi connectivity index (χ3v) is 3.80. The Hall–Kier alpha value is -0.680. The van der Waals surface area contributed by atoms with E-state index in [1.165, 1.54) is 43.9 Å². The van der Waals surface area contributed by atoms with Gasteiger partial charge in [0.25, 0.3) is 0 Å². The quantitative estimate of drug-likeness (QED) is 0.877. The molecule has 0 aromatic carbocycles. The van der Waals surface area contributed by atoms with Crippen LogP contribution in [0.4, 0.5) is 5.13 Å². The molecule has 0 amide bonds. The highest BCUT2D eigenvalue weighted by molar-refractivity contribution is 7.09. The fourth-order valence-corrected chi connectivity index (χ4v) is 2.78. The minimum atomic E-state index is 0.420. The van der Waals surface area contributed by atoms with Gasteiger partial charge < -0.3 is 10.2 Å². The summed E-state index contributed by atoms with van der Waals surface area (Å²) in [6.45, 7) is 8.87. The average Bonchev–Trinajstić information content (AvgIpc) is 2.79. The van der Waals surface area contributed by atoms with E-state index < -0.39 is 0 Å². The Kier molecular flexibility index (Phi) is 4.74. The second kappa shape index (κ2) is 6.31. The number of piperidine rings is 1. The number of hydrogen-bond acceptors (Lipinski definition) is 5. The second-order valence-corrected chi connectivity index (χ2v) is 5.69. The highest BCUT2D eigenvalue weighted by atomic mass is 32.1. The van der Waals surface area contributed by atoms with E-state index in [1.807, 2.05) is 0 Å². The van der Waals surface area contributed by atoms with Crippen LogP contribution in [0.2, 0.25) is 0 Å². The molecule has 1 aliphatic rings. The largest absolute Gasteiger partial charge is 0.359 e. The predicted molar refractivity (Wildman–Crippen MR) is 72.8 cm³/mol. The lowest BCUT2D eigenvalue weighted by Gasteiger charge is -2.26. The Morgan fingerprint density at radius 3 is 2.71 bits per heavy atom. The van der Waals surface area contributed by atoms with Crippen molar-refractivity contribution in [2.75, 3.05) is 31.5 Å². The van der Waals surface area contributed by atoms with Gasteiger partial charge in [-0.3, -0.25) is 0 Å². The fraction of sp³-hybridized carbons (Fsp3) is 0.833. The molecule has 1 saturated heterocycles. The standard InChI is InChI=1S/C12H22N4S/c1-10(2)11-14-12(17-15-11)13-6-9-16-7-4-3-5-8-16/h10H,3-9H2,1-2H3,(H,13,14,15). The topological polar surface area (TPSA) is 41.1 Å². The number of likely N-dealkylation sites (tertiary alicyclic amines) is 1. The van der Waals surface area contributed by atoms with E-state index in [9.17, 15) is 0 Å². The molecule has 1 fully saturated rings. The highest BCUT2D eigenvalue weighted by Gasteiger charge is 2.10. The Morgan fingerprint density at radius 2 is 2.06 bits per heavy atom. The highest BCUT2D eigenvalue weighted by Crippen LogP contribution is 2.17. The van der Waals surface area contributed by atoms with E-state index in [0.29, 0.717) is 5.92 Å². The van der Waals surface area contributed by atoms with E-state index in [0.717, 1.165) is 24.0 Å². The number of aromatic nitrogens is 2. The molecule has 0 atom stereocenters. The number of hydrogen-bond donors (Lipinski definition) is 1. The van der Waals surface area contributed by atoms with Crippen LogP contribution in [0.1, 0.15) is 44.9 Å². The van der Waals surface area contributed by atoms with E-state index in [4.69, 9.17) is 0 Å². The third-order valence-electron chi connectivity index (χ3n) is 3.11. The smallest absolute Gasteiger partial charge is 0.202 e. The molecule has 0 bridgehead atoms. The lowest BCUT2D eigenvalue weighted by atomic mass is 10.1. The molecule has 17 heavy (non-hydrogen) atoms. The number of nitrogens with one attached hydrogen (secondary N) is 1. The zero-order chi connectivity index (χ0) is 12.1. The Labute approximate surface area is 108 Å². The summed E-state index contributed by atoms with van der Waals surface area (Å²) in [6.07, 6.45) is 4.12. The SMILES string of the molecule is CC(C)c1nsc(NCCN2CCCCC2)n1. The van der Waals surface area contributed by atoms with Gasteiger partial charge in [-0.05, 0) is 25.9 Å². The summed E-state index contributed by atoms with van der Waals surface area (Å²) < 4.78 is 4.34. The molecule has 1 aromatic heterocycles. The summed E-state index contributed by atoms with van der Waals surface area (Å²) in [6, 6.07) is 0. The maximum Gasteiger partial charge on any atom is 0.202 e. The number of nitrogens with zero attached hydrogens (tertiary/aromatic N) is 3. The van der Waals surface area contributed by atoms with Crippen molar-refractivity contribution in [2.45, 2.75) is 39.0 Å². The van der Waals surface area contributed by atoms with Gasteiger partial charge in [-0.25, -0.2) is 4.98 Å². The molecule has 1 aromatic rings. The predicted octanol–water partition coefficient (Wildman–Crippen LogP) is 2.56. The molecule has 4 nitrogen and oxygen atoms in total. The summed E-state index contributed by atoms with van der Waals surface area (Å²) in [5, 5.41) is 4.33. The molecular formula is C12H22N4S. The molecule has 96 valence electrons. The minimum absolute atomic E-state index is 0.420. The molecule has 0 aliphatic carbocycles. The Morgan fingerprint density at radius 1 is 1.29 bits per heavy atom. The molecule has 2 heterocycles. The molecular weight excluding hydrogens is 232 g/mol. The van der Waals surface area contributed by atoms with Gasteiger partial charge >= 0.3 is 0 Å². The van der Waals surface area contributed by atoms with E-state index in [1.54, 1.807) is 0 Å². The van der Waals surface area contributed by atoms with Crippen LogP contribution < -0.4 is 5.32 Å². The van der Waals surface area contributed by atoms with Crippen LogP contribution in [0, 0.1) is 0 Å². The molecule has 0 unspecified atom stereocenters. The molecule has 5 heteroatoms. The van der Waals surface area contributed by atoms with Crippen molar-refractivity contribution in [3.63, 3.8) is 0 Å². The third kappa shape index (κ3) is 3.92. The van der Waals surface area contributed by atoms with Gasteiger partial charge in [0.05, 0.1) is 0 Å². The maximum atomic E-state index is 4.47. The van der Waals surface area contributed by atoms with Crippen LogP contribution >= 0.6 is 11.5 Å². The van der Waals surface area contributed by atoms with Crippen molar-refractivity contribution in [1.82, 2.24) is 14.3 Å². The van der Waals surface area contributed by atoms with Crippen molar-refractivity contribution in [2.24, 2.45) is 0 Å². The van der Waals surface area contributed by atoms with Crippen LogP contribution in [-0.2, 0) is 0 Å². The van der Waals surface area contributed by atoms with Gasteiger partial charge in [0.2, 0.25) is 5.13 Å². The first-order valence-corrected chi connectivity index (χ1v) is 7.33. The van der Waals surface area contributed by atoms with E-state index in [-0.39, 0.29) is 0 Å². The van der Waals surface area contributed by atoms with Crippen LogP contribution in [0.25, 0.3) is 0 Å². The minimum Gasteiger partial charge on any atom is -0.359 e. The number of rotatable bonds is 5. The van der Waals surface area contributed by atoms with Crippen LogP contribution in [-0.4, -0.2) is 40.4 Å². The van der Waals surface area contributed by atoms with Gasteiger partial charge in [-0.15, -0.1) is 0 Å². The summed E-state index contributed by atoms with van der Waals surface area (Å²) >= 11 is 1.47. The van der Waals surface area contributed by atoms with Crippen LogP contribution in [0.3, 0.4) is 0 Å². The lowest BCUT2D eigenvalue weighted by molar-refractivity contribution is 0.237. The van der Waals surface area contributed by atoms with Gasteiger partial charge in [0.1, 0.15) is 5.82 Å². The lowest BCUT2D eigenvalue weighted by Crippen LogP contribution is -2.33. The van der Waals surface area contributed by atoms with Crippen molar-refractivity contribution >= 4 is 16.7 Å². The molecule has 1 N–H and O–H groups in total. The molecule has 0 spiro atoms. The fourth-order valence-electron chi connectivity index (χ4n) is 2.05. The van der Waals surface area contributed by atoms with Crippen molar-refractivity contribution in [3.05, 3.63) is 5.82 Å². The first-order chi connectivity index (χ1) is 8.25. The Bertz CT molecular complexity index is 331. The molecule has 0 saturated carbocycles. The van der Waals surface area contributed by atoms with Crippen LogP contribution in [0.15, 0.2) is 0 Å². The van der Waals surface area contributed by atoms with E-state index in [2.05, 4.69) is 33.4 Å². The molecule has 0 radical (unpaired) electrons. The van der Waals surface area contributed by atoms with Gasteiger partial charge in [-0.1, -0.05) is 20.3 Å². The van der Waals surface area contributed by atoms with E-state index >= 15 is 0 Å². The van der Waals surface area contributed by atoms with Gasteiger partial charge in [0, 0.05) is 30.5 Å². The summed E-state index contributed by atoms with van der Waals surface area (Å²) in [4.78, 5) is 7.00. The monoisotopic (exact) mass is 254 g/mol.